The highest BCUT2D eigenvalue weighted by Gasteiger charge is 2.37. The van der Waals surface area contributed by atoms with Gasteiger partial charge in [-0.2, -0.15) is 0 Å². The van der Waals surface area contributed by atoms with Gasteiger partial charge in [-0.05, 0) is 55.0 Å². The number of hydrogen-bond donors (Lipinski definition) is 0. The lowest BCUT2D eigenvalue weighted by Gasteiger charge is -2.44. The smallest absolute Gasteiger partial charge is 0.410 e. The van der Waals surface area contributed by atoms with Gasteiger partial charge in [0, 0.05) is 19.0 Å². The molecule has 3 saturated heterocycles. The molecule has 0 radical (unpaired) electrons. The van der Waals surface area contributed by atoms with Crippen molar-refractivity contribution in [2.75, 3.05) is 32.8 Å². The van der Waals surface area contributed by atoms with Crippen LogP contribution in [0.3, 0.4) is 0 Å². The van der Waals surface area contributed by atoms with Crippen LogP contribution in [-0.4, -0.2) is 48.7 Å². The Hall–Kier alpha value is -2.33. The fourth-order valence-electron chi connectivity index (χ4n) is 5.30. The highest BCUT2D eigenvalue weighted by Crippen LogP contribution is 2.36. The van der Waals surface area contributed by atoms with Gasteiger partial charge >= 0.3 is 6.09 Å². The van der Waals surface area contributed by atoms with E-state index in [1.54, 1.807) is 0 Å². The summed E-state index contributed by atoms with van der Waals surface area (Å²) >= 11 is 0. The molecule has 4 aliphatic heterocycles. The van der Waals surface area contributed by atoms with Crippen LogP contribution in [0, 0.1) is 11.8 Å². The van der Waals surface area contributed by atoms with Gasteiger partial charge in [0.1, 0.15) is 0 Å². The van der Waals surface area contributed by atoms with E-state index in [0.717, 1.165) is 24.4 Å². The lowest BCUT2D eigenvalue weighted by molar-refractivity contribution is 0.00242. The maximum atomic E-state index is 13.1. The van der Waals surface area contributed by atoms with Crippen LogP contribution in [0.15, 0.2) is 54.6 Å². The molecule has 2 bridgehead atoms. The van der Waals surface area contributed by atoms with Crippen LogP contribution < -0.4 is 0 Å². The molecule has 4 heterocycles. The Labute approximate surface area is 167 Å². The van der Waals surface area contributed by atoms with Gasteiger partial charge in [0.25, 0.3) is 0 Å². The zero-order chi connectivity index (χ0) is 18.9. The third kappa shape index (κ3) is 3.30. The number of carbonyl (C=O) groups is 1. The molecule has 4 aliphatic rings. The highest BCUT2D eigenvalue weighted by molar-refractivity contribution is 5.70. The molecular formula is C24H28N2O2. The predicted octanol–water partition coefficient (Wildman–Crippen LogP) is 4.11. The molecule has 0 saturated carbocycles. The summed E-state index contributed by atoms with van der Waals surface area (Å²) in [7, 11) is 0. The number of hydrogen-bond acceptors (Lipinski definition) is 3. The summed E-state index contributed by atoms with van der Waals surface area (Å²) in [6.45, 7) is 4.78. The van der Waals surface area contributed by atoms with E-state index in [2.05, 4.69) is 41.3 Å². The number of piperidine rings is 3. The molecule has 6 rings (SSSR count). The molecule has 146 valence electrons. The second kappa shape index (κ2) is 7.59. The number of rotatable bonds is 3. The standard InChI is InChI=1S/C24H28N2O2/c27-24(28-17-21-16-25-13-10-18(21)11-14-25)26-15-12-19-6-4-5-9-22(19)23(26)20-7-2-1-3-8-20/h1-9,18,21,23H,10-17H2/t21-,23+/m1/s1. The molecule has 2 aromatic rings. The van der Waals surface area contributed by atoms with Crippen molar-refractivity contribution in [3.8, 4) is 0 Å². The molecule has 0 N–H and O–H groups in total. The number of benzene rings is 2. The Bertz CT molecular complexity index is 830. The van der Waals surface area contributed by atoms with Crippen LogP contribution in [0.1, 0.15) is 35.6 Å². The van der Waals surface area contributed by atoms with Crippen LogP contribution in [-0.2, 0) is 11.2 Å². The van der Waals surface area contributed by atoms with Gasteiger partial charge in [-0.1, -0.05) is 54.6 Å². The Morgan fingerprint density at radius 2 is 1.71 bits per heavy atom. The van der Waals surface area contributed by atoms with Crippen molar-refractivity contribution in [2.24, 2.45) is 11.8 Å². The molecule has 0 aromatic heterocycles. The Morgan fingerprint density at radius 3 is 2.46 bits per heavy atom. The van der Waals surface area contributed by atoms with Crippen molar-refractivity contribution >= 4 is 6.09 Å². The minimum Gasteiger partial charge on any atom is -0.449 e. The third-order valence-corrected chi connectivity index (χ3v) is 6.85. The van der Waals surface area contributed by atoms with E-state index in [1.807, 2.05) is 23.1 Å². The molecule has 2 atom stereocenters. The van der Waals surface area contributed by atoms with Gasteiger partial charge in [-0.25, -0.2) is 4.79 Å². The molecule has 0 spiro atoms. The third-order valence-electron chi connectivity index (χ3n) is 6.85. The Kier molecular flexibility index (Phi) is 4.81. The van der Waals surface area contributed by atoms with E-state index in [1.165, 1.54) is 37.1 Å². The van der Waals surface area contributed by atoms with Crippen molar-refractivity contribution in [1.82, 2.24) is 9.80 Å². The summed E-state index contributed by atoms with van der Waals surface area (Å²) in [5, 5.41) is 0. The van der Waals surface area contributed by atoms with E-state index in [9.17, 15) is 4.79 Å². The molecule has 1 amide bonds. The molecule has 3 fully saturated rings. The second-order valence-electron chi connectivity index (χ2n) is 8.43. The first-order valence-corrected chi connectivity index (χ1v) is 10.6. The van der Waals surface area contributed by atoms with Crippen molar-refractivity contribution in [3.05, 3.63) is 71.3 Å². The van der Waals surface area contributed by atoms with Crippen molar-refractivity contribution in [2.45, 2.75) is 25.3 Å². The first-order chi connectivity index (χ1) is 13.8. The molecule has 2 aromatic carbocycles. The number of carbonyl (C=O) groups excluding carboxylic acids is 1. The largest absolute Gasteiger partial charge is 0.449 e. The minimum absolute atomic E-state index is 0.0646. The van der Waals surface area contributed by atoms with Gasteiger partial charge in [-0.15, -0.1) is 0 Å². The van der Waals surface area contributed by atoms with Gasteiger partial charge in [0.2, 0.25) is 0 Å². The zero-order valence-electron chi connectivity index (χ0n) is 16.3. The Balaban J connectivity index is 1.35. The Morgan fingerprint density at radius 1 is 0.964 bits per heavy atom. The van der Waals surface area contributed by atoms with Crippen LogP contribution in [0.4, 0.5) is 4.79 Å². The zero-order valence-corrected chi connectivity index (χ0v) is 16.3. The first kappa shape index (κ1) is 17.7. The first-order valence-electron chi connectivity index (χ1n) is 10.6. The average Bonchev–Trinajstić information content (AvgIpc) is 2.78. The molecule has 4 heteroatoms. The minimum atomic E-state index is -0.167. The quantitative estimate of drug-likeness (QED) is 0.808. The van der Waals surface area contributed by atoms with Crippen molar-refractivity contribution < 1.29 is 9.53 Å². The van der Waals surface area contributed by atoms with Gasteiger partial charge < -0.3 is 9.64 Å². The average molecular weight is 377 g/mol. The van der Waals surface area contributed by atoms with Gasteiger partial charge in [-0.3, -0.25) is 4.90 Å². The summed E-state index contributed by atoms with van der Waals surface area (Å²) in [6.07, 6.45) is 3.23. The van der Waals surface area contributed by atoms with E-state index in [4.69, 9.17) is 4.74 Å². The monoisotopic (exact) mass is 376 g/mol. The number of amides is 1. The highest BCUT2D eigenvalue weighted by atomic mass is 16.6. The SMILES string of the molecule is O=C(OC[C@H]1CN2CCC1CC2)N1CCc2ccccc2[C@@H]1c1ccccc1. The lowest BCUT2D eigenvalue weighted by atomic mass is 9.79. The molecule has 4 nitrogen and oxygen atoms in total. The molecule has 28 heavy (non-hydrogen) atoms. The summed E-state index contributed by atoms with van der Waals surface area (Å²) in [4.78, 5) is 17.6. The van der Waals surface area contributed by atoms with E-state index >= 15 is 0 Å². The maximum absolute atomic E-state index is 13.1. The number of ether oxygens (including phenoxy) is 1. The van der Waals surface area contributed by atoms with Crippen LogP contribution in [0.2, 0.25) is 0 Å². The number of fused-ring (bicyclic) bond motifs is 4. The fourth-order valence-corrected chi connectivity index (χ4v) is 5.30. The van der Waals surface area contributed by atoms with Gasteiger partial charge in [0.05, 0.1) is 12.6 Å². The second-order valence-corrected chi connectivity index (χ2v) is 8.43. The van der Waals surface area contributed by atoms with Crippen molar-refractivity contribution in [1.29, 1.82) is 0 Å². The summed E-state index contributed by atoms with van der Waals surface area (Å²) in [5.74, 6) is 1.23. The topological polar surface area (TPSA) is 32.8 Å². The predicted molar refractivity (Wildman–Crippen MR) is 109 cm³/mol. The lowest BCUT2D eigenvalue weighted by Crippen LogP contribution is -2.49. The van der Waals surface area contributed by atoms with Crippen LogP contribution >= 0.6 is 0 Å². The van der Waals surface area contributed by atoms with Gasteiger partial charge in [0.15, 0.2) is 0 Å². The normalized spacial score (nSPS) is 28.6. The van der Waals surface area contributed by atoms with E-state index < -0.39 is 0 Å². The summed E-state index contributed by atoms with van der Waals surface area (Å²) < 4.78 is 5.90. The fraction of sp³-hybridized carbons (Fsp3) is 0.458. The van der Waals surface area contributed by atoms with Crippen LogP contribution in [0.25, 0.3) is 0 Å². The van der Waals surface area contributed by atoms with E-state index in [0.29, 0.717) is 19.1 Å². The maximum Gasteiger partial charge on any atom is 0.410 e. The molecule has 0 unspecified atom stereocenters. The number of nitrogens with zero attached hydrogens (tertiary/aromatic N) is 2. The van der Waals surface area contributed by atoms with E-state index in [-0.39, 0.29) is 12.1 Å². The van der Waals surface area contributed by atoms with Crippen molar-refractivity contribution in [3.63, 3.8) is 0 Å². The summed E-state index contributed by atoms with van der Waals surface area (Å²) in [6, 6.07) is 18.8. The summed E-state index contributed by atoms with van der Waals surface area (Å²) in [5.41, 5.74) is 3.70. The molecule has 0 aliphatic carbocycles. The molecular weight excluding hydrogens is 348 g/mol. The van der Waals surface area contributed by atoms with Crippen LogP contribution in [0.5, 0.6) is 0 Å².